The molecule has 7 unspecified atom stereocenters. The minimum atomic E-state index is 0.406. The first-order chi connectivity index (χ1) is 9.60. The van der Waals surface area contributed by atoms with Crippen LogP contribution in [0.3, 0.4) is 0 Å². The zero-order valence-corrected chi connectivity index (χ0v) is 14.2. The molecule has 0 radical (unpaired) electrons. The predicted octanol–water partition coefficient (Wildman–Crippen LogP) is 4.24. The van der Waals surface area contributed by atoms with E-state index in [4.69, 9.17) is 4.74 Å². The fraction of sp³-hybridized carbons (Fsp3) is 1.00. The van der Waals surface area contributed by atoms with E-state index in [0.29, 0.717) is 30.1 Å². The standard InChI is InChI=1S/C18H35NO/c1-6-15-10-8-9-11-16(15)18(19-7-2)17-12(3)13(4)20-14(17)5/h12-19H,6-11H2,1-5H3. The van der Waals surface area contributed by atoms with E-state index in [1.54, 1.807) is 0 Å². The SMILES string of the molecule is CCNC(C1CCCCC1CC)C1C(C)OC(C)C1C. The fourth-order valence-corrected chi connectivity index (χ4v) is 4.94. The van der Waals surface area contributed by atoms with Gasteiger partial charge in [0.25, 0.3) is 0 Å². The summed E-state index contributed by atoms with van der Waals surface area (Å²) in [7, 11) is 0. The van der Waals surface area contributed by atoms with E-state index in [2.05, 4.69) is 39.9 Å². The van der Waals surface area contributed by atoms with Crippen molar-refractivity contribution in [3.05, 3.63) is 0 Å². The van der Waals surface area contributed by atoms with Crippen LogP contribution in [0.15, 0.2) is 0 Å². The smallest absolute Gasteiger partial charge is 0.0597 e. The number of hydrogen-bond acceptors (Lipinski definition) is 2. The molecule has 2 rings (SSSR count). The van der Waals surface area contributed by atoms with Gasteiger partial charge in [-0.25, -0.2) is 0 Å². The second-order valence-electron chi connectivity index (χ2n) is 7.18. The Morgan fingerprint density at radius 1 is 1.05 bits per heavy atom. The van der Waals surface area contributed by atoms with E-state index in [-0.39, 0.29) is 0 Å². The first-order valence-corrected chi connectivity index (χ1v) is 8.98. The molecule has 2 heteroatoms. The molecule has 1 saturated heterocycles. The topological polar surface area (TPSA) is 21.3 Å². The molecule has 1 N–H and O–H groups in total. The maximum atomic E-state index is 6.13. The fourth-order valence-electron chi connectivity index (χ4n) is 4.94. The van der Waals surface area contributed by atoms with Crippen LogP contribution in [0.2, 0.25) is 0 Å². The largest absolute Gasteiger partial charge is 0.375 e. The quantitative estimate of drug-likeness (QED) is 0.814. The molecule has 0 amide bonds. The highest BCUT2D eigenvalue weighted by Crippen LogP contribution is 2.43. The zero-order chi connectivity index (χ0) is 14.7. The molecule has 0 bridgehead atoms. The van der Waals surface area contributed by atoms with Crippen LogP contribution in [-0.2, 0) is 4.74 Å². The summed E-state index contributed by atoms with van der Waals surface area (Å²) in [5, 5.41) is 3.86. The molecule has 2 fully saturated rings. The van der Waals surface area contributed by atoms with Crippen molar-refractivity contribution in [3.8, 4) is 0 Å². The third kappa shape index (κ3) is 3.22. The minimum absolute atomic E-state index is 0.406. The maximum absolute atomic E-state index is 6.13. The second kappa shape index (κ2) is 7.26. The van der Waals surface area contributed by atoms with Crippen molar-refractivity contribution in [2.45, 2.75) is 85.0 Å². The number of hydrogen-bond donors (Lipinski definition) is 1. The van der Waals surface area contributed by atoms with Crippen molar-refractivity contribution in [1.82, 2.24) is 5.32 Å². The zero-order valence-electron chi connectivity index (χ0n) is 14.2. The number of rotatable bonds is 5. The molecule has 0 spiro atoms. The summed E-state index contributed by atoms with van der Waals surface area (Å²) < 4.78 is 6.13. The monoisotopic (exact) mass is 281 g/mol. The minimum Gasteiger partial charge on any atom is -0.375 e. The normalized spacial score (nSPS) is 43.6. The molecule has 0 aromatic heterocycles. The lowest BCUT2D eigenvalue weighted by atomic mass is 9.68. The van der Waals surface area contributed by atoms with Crippen LogP contribution in [0.1, 0.15) is 66.7 Å². The van der Waals surface area contributed by atoms with Crippen LogP contribution in [-0.4, -0.2) is 24.8 Å². The summed E-state index contributed by atoms with van der Waals surface area (Å²) >= 11 is 0. The van der Waals surface area contributed by atoms with Crippen LogP contribution in [0.4, 0.5) is 0 Å². The maximum Gasteiger partial charge on any atom is 0.0597 e. The number of nitrogens with one attached hydrogen (secondary N) is 1. The highest BCUT2D eigenvalue weighted by Gasteiger charge is 2.45. The van der Waals surface area contributed by atoms with Crippen LogP contribution in [0.5, 0.6) is 0 Å². The Kier molecular flexibility index (Phi) is 5.92. The summed E-state index contributed by atoms with van der Waals surface area (Å²) in [5.74, 6) is 3.14. The van der Waals surface area contributed by atoms with Gasteiger partial charge in [0.15, 0.2) is 0 Å². The van der Waals surface area contributed by atoms with Crippen LogP contribution < -0.4 is 5.32 Å². The highest BCUT2D eigenvalue weighted by atomic mass is 16.5. The van der Waals surface area contributed by atoms with Gasteiger partial charge < -0.3 is 10.1 Å². The Bertz CT molecular complexity index is 293. The molecule has 1 aliphatic carbocycles. The average molecular weight is 281 g/mol. The van der Waals surface area contributed by atoms with Crippen LogP contribution >= 0.6 is 0 Å². The van der Waals surface area contributed by atoms with Gasteiger partial charge in [0.1, 0.15) is 0 Å². The molecule has 0 aromatic rings. The summed E-state index contributed by atoms with van der Waals surface area (Å²) in [6, 6.07) is 0.653. The van der Waals surface area contributed by atoms with E-state index < -0.39 is 0 Å². The second-order valence-corrected chi connectivity index (χ2v) is 7.18. The van der Waals surface area contributed by atoms with Crippen molar-refractivity contribution >= 4 is 0 Å². The van der Waals surface area contributed by atoms with Gasteiger partial charge in [-0.2, -0.15) is 0 Å². The molecule has 20 heavy (non-hydrogen) atoms. The molecule has 7 atom stereocenters. The Hall–Kier alpha value is -0.0800. The van der Waals surface area contributed by atoms with E-state index in [9.17, 15) is 0 Å². The van der Waals surface area contributed by atoms with Gasteiger partial charge in [-0.3, -0.25) is 0 Å². The summed E-state index contributed by atoms with van der Waals surface area (Å²) in [6.45, 7) is 12.7. The van der Waals surface area contributed by atoms with Crippen molar-refractivity contribution in [2.75, 3.05) is 6.54 Å². The van der Waals surface area contributed by atoms with Gasteiger partial charge in [-0.15, -0.1) is 0 Å². The molecular formula is C18H35NO. The third-order valence-corrected chi connectivity index (χ3v) is 6.13. The van der Waals surface area contributed by atoms with Crippen molar-refractivity contribution in [3.63, 3.8) is 0 Å². The van der Waals surface area contributed by atoms with E-state index in [1.807, 2.05) is 0 Å². The molecule has 1 heterocycles. The van der Waals surface area contributed by atoms with Gasteiger partial charge in [0.2, 0.25) is 0 Å². The first kappa shape index (κ1) is 16.3. The van der Waals surface area contributed by atoms with Crippen molar-refractivity contribution in [1.29, 1.82) is 0 Å². The molecule has 0 aromatic carbocycles. The lowest BCUT2D eigenvalue weighted by Crippen LogP contribution is -2.49. The summed E-state index contributed by atoms with van der Waals surface area (Å²) in [5.41, 5.74) is 0. The van der Waals surface area contributed by atoms with E-state index in [1.165, 1.54) is 32.1 Å². The Morgan fingerprint density at radius 2 is 1.75 bits per heavy atom. The van der Waals surface area contributed by atoms with Gasteiger partial charge in [-0.05, 0) is 44.6 Å². The average Bonchev–Trinajstić information content (AvgIpc) is 2.70. The van der Waals surface area contributed by atoms with Crippen molar-refractivity contribution in [2.24, 2.45) is 23.7 Å². The molecule has 2 nitrogen and oxygen atoms in total. The van der Waals surface area contributed by atoms with Gasteiger partial charge in [-0.1, -0.05) is 46.5 Å². The summed E-state index contributed by atoms with van der Waals surface area (Å²) in [4.78, 5) is 0. The van der Waals surface area contributed by atoms with Gasteiger partial charge in [0.05, 0.1) is 12.2 Å². The molecular weight excluding hydrogens is 246 g/mol. The van der Waals surface area contributed by atoms with Gasteiger partial charge in [0, 0.05) is 12.0 Å². The molecule has 1 saturated carbocycles. The Balaban J connectivity index is 2.16. The van der Waals surface area contributed by atoms with Crippen LogP contribution in [0.25, 0.3) is 0 Å². The predicted molar refractivity (Wildman–Crippen MR) is 85.9 cm³/mol. The van der Waals surface area contributed by atoms with Crippen LogP contribution in [0, 0.1) is 23.7 Å². The van der Waals surface area contributed by atoms with E-state index in [0.717, 1.165) is 18.4 Å². The lowest BCUT2D eigenvalue weighted by molar-refractivity contribution is 0.0383. The summed E-state index contributed by atoms with van der Waals surface area (Å²) in [6.07, 6.45) is 7.89. The Morgan fingerprint density at radius 3 is 2.30 bits per heavy atom. The highest BCUT2D eigenvalue weighted by molar-refractivity contribution is 4.97. The molecule has 1 aliphatic heterocycles. The van der Waals surface area contributed by atoms with Crippen molar-refractivity contribution < 1.29 is 4.74 Å². The number of ether oxygens (including phenoxy) is 1. The lowest BCUT2D eigenvalue weighted by Gasteiger charge is -2.42. The Labute approximate surface area is 126 Å². The first-order valence-electron chi connectivity index (χ1n) is 8.98. The molecule has 2 aliphatic rings. The van der Waals surface area contributed by atoms with Gasteiger partial charge >= 0.3 is 0 Å². The third-order valence-electron chi connectivity index (χ3n) is 6.13. The van der Waals surface area contributed by atoms with E-state index >= 15 is 0 Å². The molecule has 118 valence electrons.